The summed E-state index contributed by atoms with van der Waals surface area (Å²) in [4.78, 5) is 2.52. The highest BCUT2D eigenvalue weighted by Gasteiger charge is 2.20. The lowest BCUT2D eigenvalue weighted by molar-refractivity contribution is 0.221. The van der Waals surface area contributed by atoms with E-state index in [2.05, 4.69) is 18.7 Å². The molecule has 1 aliphatic heterocycles. The number of unbranched alkanes of at least 4 members (excludes halogenated alkanes) is 3. The van der Waals surface area contributed by atoms with E-state index in [1.54, 1.807) is 0 Å². The van der Waals surface area contributed by atoms with Crippen LogP contribution < -0.4 is 0 Å². The van der Waals surface area contributed by atoms with Crippen molar-refractivity contribution in [3.8, 4) is 0 Å². The van der Waals surface area contributed by atoms with E-state index in [0.717, 1.165) is 12.5 Å². The Morgan fingerprint density at radius 1 is 1.19 bits per heavy atom. The first-order chi connectivity index (χ1) is 7.72. The van der Waals surface area contributed by atoms with Gasteiger partial charge in [0.15, 0.2) is 0 Å². The van der Waals surface area contributed by atoms with Crippen LogP contribution in [0.25, 0.3) is 0 Å². The summed E-state index contributed by atoms with van der Waals surface area (Å²) in [6.07, 6.45) is 8.11. The first kappa shape index (κ1) is 14.0. The van der Waals surface area contributed by atoms with Crippen LogP contribution in [0.5, 0.6) is 0 Å². The highest BCUT2D eigenvalue weighted by molar-refractivity contribution is 4.74. The highest BCUT2D eigenvalue weighted by Crippen LogP contribution is 2.16. The van der Waals surface area contributed by atoms with Crippen molar-refractivity contribution in [2.45, 2.75) is 52.4 Å². The minimum atomic E-state index is 0.380. The van der Waals surface area contributed by atoms with E-state index in [-0.39, 0.29) is 0 Å². The van der Waals surface area contributed by atoms with Gasteiger partial charge < -0.3 is 10.0 Å². The molecule has 0 aromatic rings. The summed E-state index contributed by atoms with van der Waals surface area (Å²) in [5, 5.41) is 9.05. The molecule has 0 aromatic heterocycles. The Morgan fingerprint density at radius 2 is 1.94 bits per heavy atom. The van der Waals surface area contributed by atoms with Crippen LogP contribution in [0.2, 0.25) is 0 Å². The Balaban J connectivity index is 1.88. The topological polar surface area (TPSA) is 23.5 Å². The predicted molar refractivity (Wildman–Crippen MR) is 69.6 cm³/mol. The molecule has 2 nitrogen and oxygen atoms in total. The number of hydrogen-bond donors (Lipinski definition) is 1. The molecule has 1 atom stereocenters. The number of likely N-dealkylation sites (tertiary alicyclic amines) is 1. The van der Waals surface area contributed by atoms with Crippen LogP contribution in [-0.4, -0.2) is 36.2 Å². The van der Waals surface area contributed by atoms with Gasteiger partial charge in [-0.1, -0.05) is 39.5 Å². The second-order valence-corrected chi connectivity index (χ2v) is 5.73. The molecule has 1 aliphatic rings. The largest absolute Gasteiger partial charge is 0.396 e. The van der Waals surface area contributed by atoms with E-state index < -0.39 is 0 Å². The zero-order valence-electron chi connectivity index (χ0n) is 11.1. The minimum Gasteiger partial charge on any atom is -0.396 e. The highest BCUT2D eigenvalue weighted by atomic mass is 16.3. The summed E-state index contributed by atoms with van der Waals surface area (Å²) < 4.78 is 0. The second-order valence-electron chi connectivity index (χ2n) is 5.73. The molecule has 0 aromatic carbocycles. The maximum absolute atomic E-state index is 9.05. The first-order valence-electron chi connectivity index (χ1n) is 7.05. The molecule has 0 bridgehead atoms. The fourth-order valence-electron chi connectivity index (χ4n) is 2.51. The molecule has 0 saturated carbocycles. The third-order valence-corrected chi connectivity index (χ3v) is 3.63. The number of nitrogens with zero attached hydrogens (tertiary/aromatic N) is 1. The summed E-state index contributed by atoms with van der Waals surface area (Å²) in [5.74, 6) is 1.42. The van der Waals surface area contributed by atoms with Gasteiger partial charge in [0, 0.05) is 13.2 Å². The molecule has 1 heterocycles. The van der Waals surface area contributed by atoms with E-state index >= 15 is 0 Å². The summed E-state index contributed by atoms with van der Waals surface area (Å²) >= 11 is 0. The van der Waals surface area contributed by atoms with Gasteiger partial charge in [-0.25, -0.2) is 0 Å². The van der Waals surface area contributed by atoms with Crippen molar-refractivity contribution in [2.75, 3.05) is 26.2 Å². The summed E-state index contributed by atoms with van der Waals surface area (Å²) in [6.45, 7) is 8.57. The van der Waals surface area contributed by atoms with E-state index in [1.165, 1.54) is 51.6 Å². The Kier molecular flexibility index (Phi) is 7.06. The third kappa shape index (κ3) is 5.86. The Morgan fingerprint density at radius 3 is 2.56 bits per heavy atom. The molecule has 96 valence electrons. The molecule has 16 heavy (non-hydrogen) atoms. The van der Waals surface area contributed by atoms with Gasteiger partial charge in [-0.2, -0.15) is 0 Å². The fraction of sp³-hybridized carbons (Fsp3) is 1.00. The molecule has 1 unspecified atom stereocenters. The summed E-state index contributed by atoms with van der Waals surface area (Å²) in [6, 6.07) is 0. The molecule has 0 aliphatic carbocycles. The minimum absolute atomic E-state index is 0.380. The van der Waals surface area contributed by atoms with Gasteiger partial charge in [0.1, 0.15) is 0 Å². The molecular weight excluding hydrogens is 198 g/mol. The van der Waals surface area contributed by atoms with Crippen LogP contribution >= 0.6 is 0 Å². The van der Waals surface area contributed by atoms with Gasteiger partial charge >= 0.3 is 0 Å². The average molecular weight is 227 g/mol. The van der Waals surface area contributed by atoms with E-state index in [4.69, 9.17) is 5.11 Å². The first-order valence-corrected chi connectivity index (χ1v) is 7.05. The SMILES string of the molecule is CC(C)CCCCCCN1CCC(CO)C1. The van der Waals surface area contributed by atoms with Crippen molar-refractivity contribution < 1.29 is 5.11 Å². The zero-order chi connectivity index (χ0) is 11.8. The standard InChI is InChI=1S/C14H29NO/c1-13(2)7-5-3-4-6-9-15-10-8-14(11-15)12-16/h13-14,16H,3-12H2,1-2H3. The number of aliphatic hydroxyl groups excluding tert-OH is 1. The number of aliphatic hydroxyl groups is 1. The number of hydrogen-bond acceptors (Lipinski definition) is 2. The normalized spacial score (nSPS) is 22.1. The van der Waals surface area contributed by atoms with Crippen LogP contribution in [-0.2, 0) is 0 Å². The van der Waals surface area contributed by atoms with Crippen LogP contribution in [0.1, 0.15) is 52.4 Å². The zero-order valence-corrected chi connectivity index (χ0v) is 11.1. The van der Waals surface area contributed by atoms with Crippen molar-refractivity contribution in [1.82, 2.24) is 4.90 Å². The fourth-order valence-corrected chi connectivity index (χ4v) is 2.51. The van der Waals surface area contributed by atoms with E-state index in [9.17, 15) is 0 Å². The van der Waals surface area contributed by atoms with Gasteiger partial charge in [0.05, 0.1) is 0 Å². The van der Waals surface area contributed by atoms with Crippen molar-refractivity contribution in [3.63, 3.8) is 0 Å². The second kappa shape index (κ2) is 8.08. The molecular formula is C14H29NO. The maximum atomic E-state index is 9.05. The van der Waals surface area contributed by atoms with Gasteiger partial charge in [0.2, 0.25) is 0 Å². The lowest BCUT2D eigenvalue weighted by Gasteiger charge is -2.15. The van der Waals surface area contributed by atoms with Crippen LogP contribution in [0.15, 0.2) is 0 Å². The van der Waals surface area contributed by atoms with Crippen LogP contribution in [0, 0.1) is 11.8 Å². The molecule has 0 radical (unpaired) electrons. The van der Waals surface area contributed by atoms with Crippen molar-refractivity contribution >= 4 is 0 Å². The molecule has 1 saturated heterocycles. The molecule has 0 amide bonds. The summed E-state index contributed by atoms with van der Waals surface area (Å²) in [7, 11) is 0. The lowest BCUT2D eigenvalue weighted by Crippen LogP contribution is -2.22. The smallest absolute Gasteiger partial charge is 0.0471 e. The van der Waals surface area contributed by atoms with Gasteiger partial charge in [0.25, 0.3) is 0 Å². The number of rotatable bonds is 8. The van der Waals surface area contributed by atoms with Crippen LogP contribution in [0.3, 0.4) is 0 Å². The monoisotopic (exact) mass is 227 g/mol. The van der Waals surface area contributed by atoms with Crippen LogP contribution in [0.4, 0.5) is 0 Å². The Bertz CT molecular complexity index is 170. The molecule has 0 spiro atoms. The van der Waals surface area contributed by atoms with E-state index in [0.29, 0.717) is 12.5 Å². The average Bonchev–Trinajstić information content (AvgIpc) is 2.70. The van der Waals surface area contributed by atoms with Crippen molar-refractivity contribution in [1.29, 1.82) is 0 Å². The molecule has 2 heteroatoms. The maximum Gasteiger partial charge on any atom is 0.0471 e. The molecule has 1 fully saturated rings. The van der Waals surface area contributed by atoms with Gasteiger partial charge in [-0.15, -0.1) is 0 Å². The predicted octanol–water partition coefficient (Wildman–Crippen LogP) is 2.91. The Labute approximate surface area is 101 Å². The lowest BCUT2D eigenvalue weighted by atomic mass is 10.0. The van der Waals surface area contributed by atoms with Crippen molar-refractivity contribution in [2.24, 2.45) is 11.8 Å². The third-order valence-electron chi connectivity index (χ3n) is 3.63. The quantitative estimate of drug-likeness (QED) is 0.645. The van der Waals surface area contributed by atoms with Crippen molar-refractivity contribution in [3.05, 3.63) is 0 Å². The Hall–Kier alpha value is -0.0800. The van der Waals surface area contributed by atoms with Gasteiger partial charge in [-0.3, -0.25) is 0 Å². The molecule has 1 rings (SSSR count). The van der Waals surface area contributed by atoms with E-state index in [1.807, 2.05) is 0 Å². The molecule has 1 N–H and O–H groups in total. The summed E-state index contributed by atoms with van der Waals surface area (Å²) in [5.41, 5.74) is 0. The van der Waals surface area contributed by atoms with Gasteiger partial charge in [-0.05, 0) is 37.8 Å².